The average Bonchev–Trinajstić information content (AvgIpc) is 2.53. The first-order valence-corrected chi connectivity index (χ1v) is 8.65. The Morgan fingerprint density at radius 1 is 0.955 bits per heavy atom. The van der Waals surface area contributed by atoms with Crippen LogP contribution >= 0.6 is 22.6 Å². The Labute approximate surface area is 146 Å². The molecule has 2 heteroatoms. The van der Waals surface area contributed by atoms with E-state index in [4.69, 9.17) is 0 Å². The number of allylic oxidation sites excluding steroid dienone is 2. The molecule has 1 N–H and O–H groups in total. The number of halogens is 1. The van der Waals surface area contributed by atoms with Crippen molar-refractivity contribution in [1.29, 1.82) is 0 Å². The molecule has 0 fully saturated rings. The molecule has 2 aromatic rings. The van der Waals surface area contributed by atoms with Gasteiger partial charge in [-0.1, -0.05) is 61.1 Å². The summed E-state index contributed by atoms with van der Waals surface area (Å²) in [6.07, 6.45) is 8.81. The van der Waals surface area contributed by atoms with Gasteiger partial charge < -0.3 is 5.32 Å². The molecule has 0 aliphatic heterocycles. The average molecular weight is 401 g/mol. The minimum atomic E-state index is -0.199. The first kappa shape index (κ1) is 15.3. The van der Waals surface area contributed by atoms with Crippen molar-refractivity contribution in [3.63, 3.8) is 0 Å². The van der Waals surface area contributed by atoms with Gasteiger partial charge in [0.05, 0.1) is 5.54 Å². The zero-order valence-corrected chi connectivity index (χ0v) is 15.0. The molecule has 1 aliphatic rings. The van der Waals surface area contributed by atoms with Crippen molar-refractivity contribution in [1.82, 2.24) is 0 Å². The van der Waals surface area contributed by atoms with E-state index < -0.39 is 0 Å². The van der Waals surface area contributed by atoms with Gasteiger partial charge in [0.1, 0.15) is 0 Å². The molecular weight excluding hydrogens is 381 g/mol. The molecule has 0 radical (unpaired) electrons. The fourth-order valence-corrected chi connectivity index (χ4v) is 3.29. The molecule has 0 bridgehead atoms. The summed E-state index contributed by atoms with van der Waals surface area (Å²) in [6.45, 7) is 4.39. The van der Waals surface area contributed by atoms with Gasteiger partial charge >= 0.3 is 0 Å². The lowest BCUT2D eigenvalue weighted by molar-refractivity contribution is 0.472. The monoisotopic (exact) mass is 401 g/mol. The smallest absolute Gasteiger partial charge is 0.0873 e. The topological polar surface area (TPSA) is 12.0 Å². The zero-order valence-electron chi connectivity index (χ0n) is 12.9. The van der Waals surface area contributed by atoms with Gasteiger partial charge in [-0.25, -0.2) is 0 Å². The third-order valence-corrected chi connectivity index (χ3v) is 5.03. The van der Waals surface area contributed by atoms with Crippen LogP contribution in [0.3, 0.4) is 0 Å². The second kappa shape index (κ2) is 6.29. The normalized spacial score (nSPS) is 23.5. The van der Waals surface area contributed by atoms with E-state index in [2.05, 4.69) is 115 Å². The Balaban J connectivity index is 2.03. The predicted octanol–water partition coefficient (Wildman–Crippen LogP) is 5.67. The summed E-state index contributed by atoms with van der Waals surface area (Å²) in [7, 11) is 0. The number of hydrogen-bond acceptors (Lipinski definition) is 1. The van der Waals surface area contributed by atoms with Gasteiger partial charge in [0.2, 0.25) is 0 Å². The van der Waals surface area contributed by atoms with E-state index in [9.17, 15) is 0 Å². The highest BCUT2D eigenvalue weighted by atomic mass is 127. The fourth-order valence-electron chi connectivity index (χ4n) is 2.93. The second-order valence-corrected chi connectivity index (χ2v) is 7.15. The van der Waals surface area contributed by atoms with Crippen LogP contribution < -0.4 is 5.32 Å². The van der Waals surface area contributed by atoms with Crippen LogP contribution in [0.5, 0.6) is 0 Å². The van der Waals surface area contributed by atoms with Crippen LogP contribution in [0.1, 0.15) is 18.1 Å². The molecule has 1 nitrogen and oxygen atoms in total. The SMILES string of the molecule is Cc1ccc(C2(Nc3ccc(I)cc3)C=CC=CC2C)cc1. The first-order valence-electron chi connectivity index (χ1n) is 7.57. The highest BCUT2D eigenvalue weighted by molar-refractivity contribution is 14.1. The number of benzene rings is 2. The third-order valence-electron chi connectivity index (χ3n) is 4.31. The molecule has 0 saturated heterocycles. The summed E-state index contributed by atoms with van der Waals surface area (Å²) < 4.78 is 1.25. The summed E-state index contributed by atoms with van der Waals surface area (Å²) in [4.78, 5) is 0. The molecule has 2 atom stereocenters. The summed E-state index contributed by atoms with van der Waals surface area (Å²) in [5.74, 6) is 0.375. The highest BCUT2D eigenvalue weighted by Crippen LogP contribution is 2.38. The van der Waals surface area contributed by atoms with Crippen LogP contribution in [-0.4, -0.2) is 0 Å². The standard InChI is InChI=1S/C20H20IN/c1-15-6-8-17(9-7-15)20(14-4-3-5-16(20)2)22-19-12-10-18(21)11-13-19/h3-14,16,22H,1-2H3. The number of rotatable bonds is 3. The number of anilines is 1. The lowest BCUT2D eigenvalue weighted by Crippen LogP contribution is -2.40. The molecule has 0 saturated carbocycles. The van der Waals surface area contributed by atoms with E-state index in [0.717, 1.165) is 5.69 Å². The zero-order chi connectivity index (χ0) is 15.6. The van der Waals surface area contributed by atoms with Crippen molar-refractivity contribution in [3.05, 3.63) is 87.5 Å². The predicted molar refractivity (Wildman–Crippen MR) is 103 cm³/mol. The van der Waals surface area contributed by atoms with E-state index in [1.54, 1.807) is 0 Å². The second-order valence-electron chi connectivity index (χ2n) is 5.90. The molecule has 0 spiro atoms. The van der Waals surface area contributed by atoms with Crippen molar-refractivity contribution >= 4 is 28.3 Å². The molecule has 112 valence electrons. The fraction of sp³-hybridized carbons (Fsp3) is 0.200. The van der Waals surface area contributed by atoms with Crippen LogP contribution in [-0.2, 0) is 5.54 Å². The Morgan fingerprint density at radius 3 is 2.27 bits per heavy atom. The van der Waals surface area contributed by atoms with Gasteiger partial charge in [-0.05, 0) is 59.3 Å². The summed E-state index contributed by atoms with van der Waals surface area (Å²) >= 11 is 2.34. The molecule has 0 amide bonds. The lowest BCUT2D eigenvalue weighted by atomic mass is 9.76. The van der Waals surface area contributed by atoms with Crippen LogP contribution in [0.25, 0.3) is 0 Å². The molecule has 2 aromatic carbocycles. The molecule has 2 unspecified atom stereocenters. The molecule has 0 heterocycles. The Kier molecular flexibility index (Phi) is 4.39. The summed E-state index contributed by atoms with van der Waals surface area (Å²) in [6, 6.07) is 17.4. The summed E-state index contributed by atoms with van der Waals surface area (Å²) in [5.41, 5.74) is 3.53. The number of nitrogens with one attached hydrogen (secondary N) is 1. The van der Waals surface area contributed by atoms with Crippen LogP contribution in [0.15, 0.2) is 72.8 Å². The molecule has 3 rings (SSSR count). The molecular formula is C20H20IN. The van der Waals surface area contributed by atoms with Crippen LogP contribution in [0, 0.1) is 16.4 Å². The van der Waals surface area contributed by atoms with E-state index in [0.29, 0.717) is 5.92 Å². The minimum absolute atomic E-state index is 0.199. The lowest BCUT2D eigenvalue weighted by Gasteiger charge is -2.39. The molecule has 0 aromatic heterocycles. The summed E-state index contributed by atoms with van der Waals surface area (Å²) in [5, 5.41) is 3.77. The van der Waals surface area contributed by atoms with Crippen molar-refractivity contribution < 1.29 is 0 Å². The Morgan fingerprint density at radius 2 is 1.64 bits per heavy atom. The van der Waals surface area contributed by atoms with Crippen molar-refractivity contribution in [2.45, 2.75) is 19.4 Å². The van der Waals surface area contributed by atoms with Crippen LogP contribution in [0.2, 0.25) is 0 Å². The number of aryl methyl sites for hydroxylation is 1. The third kappa shape index (κ3) is 2.98. The maximum absolute atomic E-state index is 3.77. The minimum Gasteiger partial charge on any atom is -0.372 e. The molecule has 22 heavy (non-hydrogen) atoms. The van der Waals surface area contributed by atoms with Crippen molar-refractivity contribution in [2.75, 3.05) is 5.32 Å². The van der Waals surface area contributed by atoms with Gasteiger partial charge in [0, 0.05) is 15.2 Å². The number of hydrogen-bond donors (Lipinski definition) is 1. The van der Waals surface area contributed by atoms with Gasteiger partial charge in [0.15, 0.2) is 0 Å². The maximum atomic E-state index is 3.77. The van der Waals surface area contributed by atoms with E-state index in [1.807, 2.05) is 0 Å². The van der Waals surface area contributed by atoms with E-state index in [-0.39, 0.29) is 5.54 Å². The van der Waals surface area contributed by atoms with Gasteiger partial charge in [-0.15, -0.1) is 0 Å². The van der Waals surface area contributed by atoms with E-state index in [1.165, 1.54) is 14.7 Å². The van der Waals surface area contributed by atoms with Gasteiger partial charge in [-0.3, -0.25) is 0 Å². The van der Waals surface area contributed by atoms with Crippen molar-refractivity contribution in [2.24, 2.45) is 5.92 Å². The van der Waals surface area contributed by atoms with Crippen LogP contribution in [0.4, 0.5) is 5.69 Å². The Hall–Kier alpha value is -1.55. The highest BCUT2D eigenvalue weighted by Gasteiger charge is 2.35. The maximum Gasteiger partial charge on any atom is 0.0873 e. The van der Waals surface area contributed by atoms with E-state index >= 15 is 0 Å². The largest absolute Gasteiger partial charge is 0.372 e. The first-order chi connectivity index (χ1) is 10.6. The van der Waals surface area contributed by atoms with Gasteiger partial charge in [0.25, 0.3) is 0 Å². The Bertz CT molecular complexity index is 697. The quantitative estimate of drug-likeness (QED) is 0.654. The van der Waals surface area contributed by atoms with Gasteiger partial charge in [-0.2, -0.15) is 0 Å². The van der Waals surface area contributed by atoms with Crippen molar-refractivity contribution in [3.8, 4) is 0 Å². The molecule has 1 aliphatic carbocycles.